The van der Waals surface area contributed by atoms with E-state index in [0.717, 1.165) is 0 Å². The van der Waals surface area contributed by atoms with Crippen molar-refractivity contribution in [2.45, 2.75) is 19.3 Å². The highest BCUT2D eigenvalue weighted by Crippen LogP contribution is 2.23. The molecule has 6 nitrogen and oxygen atoms in total. The molecule has 0 saturated heterocycles. The second-order valence-corrected chi connectivity index (χ2v) is 3.23. The van der Waals surface area contributed by atoms with Crippen molar-refractivity contribution in [3.8, 4) is 0 Å². The summed E-state index contributed by atoms with van der Waals surface area (Å²) in [5.41, 5.74) is 10.5. The normalized spacial score (nSPS) is 11.2. The summed E-state index contributed by atoms with van der Waals surface area (Å²) in [7, 11) is 0. The maximum atomic E-state index is 11.1. The Morgan fingerprint density at radius 1 is 1.54 bits per heavy atom. The van der Waals surface area contributed by atoms with E-state index in [4.69, 9.17) is 11.5 Å². The van der Waals surface area contributed by atoms with Crippen LogP contribution in [0, 0.1) is 0 Å². The number of primary amides is 1. The lowest BCUT2D eigenvalue weighted by Crippen LogP contribution is -2.37. The third-order valence-corrected chi connectivity index (χ3v) is 1.87. The van der Waals surface area contributed by atoms with E-state index in [1.54, 1.807) is 13.8 Å². The van der Waals surface area contributed by atoms with Gasteiger partial charge in [0.25, 0.3) is 0 Å². The molecule has 0 fully saturated rings. The summed E-state index contributed by atoms with van der Waals surface area (Å²) in [5, 5.41) is 10.6. The maximum absolute atomic E-state index is 11.1. The van der Waals surface area contributed by atoms with Crippen LogP contribution in [0.2, 0.25) is 0 Å². The van der Waals surface area contributed by atoms with Crippen molar-refractivity contribution in [1.29, 1.82) is 0 Å². The molecule has 0 atom stereocenters. The number of nitrogens with zero attached hydrogens (tertiary/aromatic N) is 3. The fourth-order valence-electron chi connectivity index (χ4n) is 0.880. The second kappa shape index (κ2) is 2.96. The number of carbonyl (C=O) groups excluding carboxylic acids is 1. The van der Waals surface area contributed by atoms with Gasteiger partial charge in [-0.15, -0.1) is 10.2 Å². The first-order valence-corrected chi connectivity index (χ1v) is 3.70. The molecule has 0 spiro atoms. The van der Waals surface area contributed by atoms with Gasteiger partial charge in [0.05, 0.1) is 17.3 Å². The number of hydrogen-bond acceptors (Lipinski definition) is 5. The van der Waals surface area contributed by atoms with Crippen LogP contribution in [0.3, 0.4) is 0 Å². The number of carbonyl (C=O) groups is 1. The molecule has 0 aliphatic heterocycles. The number of nitrogens with two attached hydrogens (primary N) is 2. The molecule has 0 aliphatic rings. The Morgan fingerprint density at radius 2 is 2.15 bits per heavy atom. The Hall–Kier alpha value is -1.72. The van der Waals surface area contributed by atoms with E-state index in [1.165, 1.54) is 6.20 Å². The highest BCUT2D eigenvalue weighted by atomic mass is 16.1. The van der Waals surface area contributed by atoms with Crippen LogP contribution in [-0.2, 0) is 10.2 Å². The highest BCUT2D eigenvalue weighted by molar-refractivity contribution is 5.86. The SMILES string of the molecule is CC(C)(C(N)=O)c1nnncc1N. The Labute approximate surface area is 75.3 Å². The van der Waals surface area contributed by atoms with E-state index in [1.807, 2.05) is 0 Å². The van der Waals surface area contributed by atoms with E-state index in [-0.39, 0.29) is 0 Å². The molecular formula is C7H11N5O. The van der Waals surface area contributed by atoms with E-state index in [9.17, 15) is 4.79 Å². The van der Waals surface area contributed by atoms with Gasteiger partial charge in [0.15, 0.2) is 0 Å². The number of nitrogen functional groups attached to an aromatic ring is 1. The lowest BCUT2D eigenvalue weighted by molar-refractivity contribution is -0.122. The Morgan fingerprint density at radius 3 is 2.62 bits per heavy atom. The molecule has 1 amide bonds. The van der Waals surface area contributed by atoms with Crippen LogP contribution in [0.15, 0.2) is 6.20 Å². The van der Waals surface area contributed by atoms with E-state index in [2.05, 4.69) is 15.4 Å². The summed E-state index contributed by atoms with van der Waals surface area (Å²) in [5.74, 6) is -0.500. The topological polar surface area (TPSA) is 108 Å². The fraction of sp³-hybridized carbons (Fsp3) is 0.429. The monoisotopic (exact) mass is 181 g/mol. The molecule has 6 heteroatoms. The van der Waals surface area contributed by atoms with Crippen molar-refractivity contribution in [2.24, 2.45) is 5.73 Å². The molecule has 0 unspecified atom stereocenters. The van der Waals surface area contributed by atoms with Crippen LogP contribution in [0.1, 0.15) is 19.5 Å². The molecule has 0 aliphatic carbocycles. The standard InChI is InChI=1S/C7H11N5O/c1-7(2,6(9)13)5-4(8)3-10-12-11-5/h3H,1-2H3,(H2,8,12)(H2,9,13). The molecule has 70 valence electrons. The van der Waals surface area contributed by atoms with Gasteiger partial charge in [0, 0.05) is 0 Å². The number of amides is 1. The summed E-state index contributed by atoms with van der Waals surface area (Å²) < 4.78 is 0. The van der Waals surface area contributed by atoms with Gasteiger partial charge in [-0.05, 0) is 19.1 Å². The Balaban J connectivity index is 3.22. The summed E-state index contributed by atoms with van der Waals surface area (Å²) >= 11 is 0. The van der Waals surface area contributed by atoms with Gasteiger partial charge in [0.1, 0.15) is 5.69 Å². The lowest BCUT2D eigenvalue weighted by atomic mass is 9.88. The summed E-state index contributed by atoms with van der Waals surface area (Å²) in [6, 6.07) is 0. The summed E-state index contributed by atoms with van der Waals surface area (Å²) in [6.45, 7) is 3.27. The minimum absolute atomic E-state index is 0.318. The molecule has 0 bridgehead atoms. The van der Waals surface area contributed by atoms with Crippen molar-refractivity contribution < 1.29 is 4.79 Å². The van der Waals surface area contributed by atoms with Crippen LogP contribution < -0.4 is 11.5 Å². The quantitative estimate of drug-likeness (QED) is 0.622. The molecule has 1 aromatic rings. The van der Waals surface area contributed by atoms with Gasteiger partial charge < -0.3 is 11.5 Å². The Bertz CT molecular complexity index is 335. The van der Waals surface area contributed by atoms with Gasteiger partial charge in [-0.2, -0.15) is 0 Å². The third kappa shape index (κ3) is 1.56. The van der Waals surface area contributed by atoms with Crippen molar-refractivity contribution in [3.63, 3.8) is 0 Å². The second-order valence-electron chi connectivity index (χ2n) is 3.23. The third-order valence-electron chi connectivity index (χ3n) is 1.87. The van der Waals surface area contributed by atoms with Crippen molar-refractivity contribution in [1.82, 2.24) is 15.4 Å². The zero-order valence-electron chi connectivity index (χ0n) is 7.48. The predicted octanol–water partition coefficient (Wildman–Crippen LogP) is -0.783. The first-order valence-electron chi connectivity index (χ1n) is 3.70. The lowest BCUT2D eigenvalue weighted by Gasteiger charge is -2.19. The number of aromatic nitrogens is 3. The van der Waals surface area contributed by atoms with Crippen molar-refractivity contribution >= 4 is 11.6 Å². The van der Waals surface area contributed by atoms with Crippen LogP contribution >= 0.6 is 0 Å². The minimum Gasteiger partial charge on any atom is -0.396 e. The predicted molar refractivity (Wildman–Crippen MR) is 46.5 cm³/mol. The maximum Gasteiger partial charge on any atom is 0.229 e. The molecule has 0 saturated carbocycles. The first-order chi connectivity index (χ1) is 5.96. The van der Waals surface area contributed by atoms with Gasteiger partial charge in [-0.1, -0.05) is 0 Å². The number of anilines is 1. The van der Waals surface area contributed by atoms with Gasteiger partial charge in [0.2, 0.25) is 5.91 Å². The molecule has 1 rings (SSSR count). The van der Waals surface area contributed by atoms with Crippen LogP contribution in [0.4, 0.5) is 5.69 Å². The number of hydrogen-bond donors (Lipinski definition) is 2. The molecule has 13 heavy (non-hydrogen) atoms. The average molecular weight is 181 g/mol. The largest absolute Gasteiger partial charge is 0.396 e. The molecule has 1 aromatic heterocycles. The first kappa shape index (κ1) is 9.37. The molecular weight excluding hydrogens is 170 g/mol. The summed E-state index contributed by atoms with van der Waals surface area (Å²) in [4.78, 5) is 11.1. The number of rotatable bonds is 2. The van der Waals surface area contributed by atoms with E-state index in [0.29, 0.717) is 11.4 Å². The fourth-order valence-corrected chi connectivity index (χ4v) is 0.880. The van der Waals surface area contributed by atoms with E-state index >= 15 is 0 Å². The minimum atomic E-state index is -0.917. The van der Waals surface area contributed by atoms with Crippen LogP contribution in [0.5, 0.6) is 0 Å². The molecule has 4 N–H and O–H groups in total. The van der Waals surface area contributed by atoms with Crippen molar-refractivity contribution in [3.05, 3.63) is 11.9 Å². The highest BCUT2D eigenvalue weighted by Gasteiger charge is 2.31. The van der Waals surface area contributed by atoms with E-state index < -0.39 is 11.3 Å². The van der Waals surface area contributed by atoms with Gasteiger partial charge in [-0.25, -0.2) is 0 Å². The molecule has 0 aromatic carbocycles. The van der Waals surface area contributed by atoms with Crippen LogP contribution in [-0.4, -0.2) is 21.3 Å². The van der Waals surface area contributed by atoms with Crippen LogP contribution in [0.25, 0.3) is 0 Å². The van der Waals surface area contributed by atoms with Gasteiger partial charge in [-0.3, -0.25) is 4.79 Å². The average Bonchev–Trinajstić information content (AvgIpc) is 2.04. The summed E-state index contributed by atoms with van der Waals surface area (Å²) in [6.07, 6.45) is 1.34. The molecule has 1 heterocycles. The van der Waals surface area contributed by atoms with Crippen molar-refractivity contribution in [2.75, 3.05) is 5.73 Å². The Kier molecular flexibility index (Phi) is 2.14. The zero-order chi connectivity index (χ0) is 10.1. The zero-order valence-corrected chi connectivity index (χ0v) is 7.48. The smallest absolute Gasteiger partial charge is 0.229 e. The van der Waals surface area contributed by atoms with Gasteiger partial charge >= 0.3 is 0 Å². The molecule has 0 radical (unpaired) electrons.